The molecule has 52 heteroatoms. The summed E-state index contributed by atoms with van der Waals surface area (Å²) in [5.74, 6) is 0. The second kappa shape index (κ2) is 137. The number of hydrogen-bond acceptors (Lipinski definition) is 15. The van der Waals surface area contributed by atoms with Crippen molar-refractivity contribution in [3.8, 4) is 0 Å². The standard InChI is InChI=1S/15CH2O3.7Ca.14H/c15*2-1(3)4;;;;;;;;;;;;;;;;;;;;;/h15*(H2,2,3,4);;;;;;;;;;;;;;;;;;;;;. The Kier molecular flexibility index (Phi) is 295. The topological polar surface area (TPSA) is 863 Å². The van der Waals surface area contributed by atoms with E-state index >= 15 is 0 Å². The molecule has 0 aromatic heterocycles. The van der Waals surface area contributed by atoms with Gasteiger partial charge in [0.15, 0.2) is 0 Å². The Balaban J connectivity index is -0.0000000161. The van der Waals surface area contributed by atoms with Crippen molar-refractivity contribution in [2.45, 2.75) is 0 Å². The van der Waals surface area contributed by atoms with Crippen LogP contribution in [-0.4, -0.2) is 510 Å². The van der Waals surface area contributed by atoms with Crippen molar-refractivity contribution in [2.24, 2.45) is 0 Å². The van der Waals surface area contributed by atoms with Crippen molar-refractivity contribution in [1.29, 1.82) is 0 Å². The van der Waals surface area contributed by atoms with E-state index in [0.29, 0.717) is 0 Å². The number of carbonyl (C=O) groups is 15. The van der Waals surface area contributed by atoms with Gasteiger partial charge in [-0.1, -0.05) is 0 Å². The van der Waals surface area contributed by atoms with E-state index in [1.165, 1.54) is 0 Å². The molecule has 0 rings (SSSR count). The van der Waals surface area contributed by atoms with E-state index in [1.807, 2.05) is 0 Å². The second-order valence-corrected chi connectivity index (χ2v) is 4.24. The molecule has 0 aliphatic rings. The van der Waals surface area contributed by atoms with Crippen molar-refractivity contribution in [3.63, 3.8) is 0 Å². The van der Waals surface area contributed by atoms with Gasteiger partial charge in [0.2, 0.25) is 0 Å². The van der Waals surface area contributed by atoms with Crippen LogP contribution in [0.3, 0.4) is 0 Å². The summed E-state index contributed by atoms with van der Waals surface area (Å²) in [5, 5.41) is 209. The molecule has 0 aromatic rings. The Morgan fingerprint density at radius 1 is 0.104 bits per heavy atom. The first-order valence-electron chi connectivity index (χ1n) is 9.77. The fourth-order valence-corrected chi connectivity index (χ4v) is 0. The number of rotatable bonds is 0. The zero-order valence-corrected chi connectivity index (χ0v) is 27.0. The molecular formula is C15H44Ca7O45. The summed E-state index contributed by atoms with van der Waals surface area (Å²) >= 11 is 0. The molecule has 0 saturated heterocycles. The maximum atomic E-state index is 8.56. The first-order valence-corrected chi connectivity index (χ1v) is 9.77. The summed E-state index contributed by atoms with van der Waals surface area (Å²) < 4.78 is 0. The van der Waals surface area contributed by atoms with Crippen LogP contribution in [0.1, 0.15) is 0 Å². The third-order valence-electron chi connectivity index (χ3n) is 0. The van der Waals surface area contributed by atoms with Gasteiger partial charge in [0.25, 0.3) is 0 Å². The van der Waals surface area contributed by atoms with E-state index in [2.05, 4.69) is 0 Å². The molecule has 388 valence electrons. The molecule has 0 heterocycles. The Morgan fingerprint density at radius 2 is 0.104 bits per heavy atom. The van der Waals surface area contributed by atoms with E-state index in [4.69, 9.17) is 225 Å². The molecule has 0 fully saturated rings. The quantitative estimate of drug-likeness (QED) is 0.107. The fraction of sp³-hybridized carbons (Fsp3) is 0. The predicted molar refractivity (Wildman–Crippen MR) is 220 cm³/mol. The minimum absolute atomic E-state index is 0. The average molecular weight is 1230 g/mol. The molecular weight excluding hydrogens is 1180 g/mol. The Labute approximate surface area is 571 Å². The summed E-state index contributed by atoms with van der Waals surface area (Å²) in [4.78, 5) is 128. The van der Waals surface area contributed by atoms with Crippen molar-refractivity contribution >= 4 is 356 Å². The van der Waals surface area contributed by atoms with Crippen LogP contribution in [0.2, 0.25) is 0 Å². The van der Waals surface area contributed by atoms with Gasteiger partial charge in [-0.15, -0.1) is 0 Å². The Morgan fingerprint density at radius 3 is 0.104 bits per heavy atom. The van der Waals surface area contributed by atoms with Gasteiger partial charge in [0.1, 0.15) is 0 Å². The van der Waals surface area contributed by atoms with E-state index in [1.54, 1.807) is 0 Å². The van der Waals surface area contributed by atoms with Gasteiger partial charge in [0, 0.05) is 0 Å². The first-order chi connectivity index (χ1) is 26.0. The van der Waals surface area contributed by atoms with Crippen LogP contribution in [0.5, 0.6) is 0 Å². The minimum atomic E-state index is -1.83. The van der Waals surface area contributed by atoms with Gasteiger partial charge < -0.3 is 153 Å². The van der Waals surface area contributed by atoms with Crippen LogP contribution < -0.4 is 0 Å². The second-order valence-electron chi connectivity index (χ2n) is 4.24. The van der Waals surface area contributed by atoms with Gasteiger partial charge >= 0.3 is 356 Å². The van der Waals surface area contributed by atoms with Crippen LogP contribution in [-0.2, 0) is 0 Å². The first kappa shape index (κ1) is 144. The molecule has 0 atom stereocenters. The molecule has 0 aliphatic heterocycles. The van der Waals surface area contributed by atoms with Gasteiger partial charge in [0.05, 0.1) is 0 Å². The molecule has 67 heavy (non-hydrogen) atoms. The van der Waals surface area contributed by atoms with Crippen LogP contribution >= 0.6 is 0 Å². The molecule has 0 saturated carbocycles. The summed E-state index contributed by atoms with van der Waals surface area (Å²) in [5.41, 5.74) is 0. The summed E-state index contributed by atoms with van der Waals surface area (Å²) in [6.45, 7) is 0. The number of hydrogen-bond donors (Lipinski definition) is 30. The van der Waals surface area contributed by atoms with Gasteiger partial charge in [-0.3, -0.25) is 0 Å². The maximum absolute atomic E-state index is 8.56. The van der Waals surface area contributed by atoms with Crippen molar-refractivity contribution < 1.29 is 225 Å². The Hall–Kier alpha value is -2.13. The van der Waals surface area contributed by atoms with Crippen molar-refractivity contribution in [1.82, 2.24) is 0 Å². The third-order valence-corrected chi connectivity index (χ3v) is 0. The zero-order chi connectivity index (χ0) is 53.7. The summed E-state index contributed by atoms with van der Waals surface area (Å²) in [6, 6.07) is 0. The zero-order valence-electron chi connectivity index (χ0n) is 27.0. The SMILES string of the molecule is O=C(O)O.O=C(O)O.O=C(O)O.O=C(O)O.O=C(O)O.O=C(O)O.O=C(O)O.O=C(O)O.O=C(O)O.O=C(O)O.O=C(O)O.O=C(O)O.O=C(O)O.O=C(O)O.O=C(O)O.[CaH2].[CaH2].[CaH2].[CaH2].[CaH2].[CaH2].[CaH2]. The Bertz CT molecular complexity index is 778. The molecule has 0 aliphatic carbocycles. The summed E-state index contributed by atoms with van der Waals surface area (Å²) in [6.07, 6.45) is -27.5. The van der Waals surface area contributed by atoms with E-state index in [-0.39, 0.29) is 264 Å². The van der Waals surface area contributed by atoms with Crippen LogP contribution in [0.15, 0.2) is 0 Å². The number of carboxylic acid groups (broad SMARTS) is 30. The average Bonchev–Trinajstić information content (AvgIpc) is 2.78. The van der Waals surface area contributed by atoms with E-state index in [0.717, 1.165) is 0 Å². The van der Waals surface area contributed by atoms with Crippen LogP contribution in [0.4, 0.5) is 71.9 Å². The molecule has 0 spiro atoms. The monoisotopic (exact) mass is 1220 g/mol. The van der Waals surface area contributed by atoms with Gasteiger partial charge in [-0.25, -0.2) is 71.9 Å². The van der Waals surface area contributed by atoms with Gasteiger partial charge in [-0.05, 0) is 0 Å². The normalized spacial score (nSPS) is 5.37. The molecule has 30 N–H and O–H groups in total. The predicted octanol–water partition coefficient (Wildman–Crippen LogP) is -3.08. The fourth-order valence-electron chi connectivity index (χ4n) is 0. The molecule has 0 amide bonds. The molecule has 0 unspecified atom stereocenters. The molecule has 0 aromatic carbocycles. The van der Waals surface area contributed by atoms with Crippen molar-refractivity contribution in [3.05, 3.63) is 0 Å². The van der Waals surface area contributed by atoms with Crippen molar-refractivity contribution in [2.75, 3.05) is 0 Å². The molecule has 0 bridgehead atoms. The molecule has 0 radical (unpaired) electrons. The van der Waals surface area contributed by atoms with Crippen LogP contribution in [0, 0.1) is 0 Å². The van der Waals surface area contributed by atoms with E-state index in [9.17, 15) is 0 Å². The van der Waals surface area contributed by atoms with Crippen LogP contribution in [0.25, 0.3) is 0 Å². The van der Waals surface area contributed by atoms with Gasteiger partial charge in [-0.2, -0.15) is 0 Å². The third kappa shape index (κ3) is 53800. The van der Waals surface area contributed by atoms with E-state index < -0.39 is 92.3 Å². The molecule has 45 nitrogen and oxygen atoms in total. The summed E-state index contributed by atoms with van der Waals surface area (Å²) in [7, 11) is 0.